The van der Waals surface area contributed by atoms with Gasteiger partial charge in [-0.3, -0.25) is 4.79 Å². The number of thiophene rings is 2. The predicted molar refractivity (Wildman–Crippen MR) is 141 cm³/mol. The third-order valence-corrected chi connectivity index (χ3v) is 7.17. The molecule has 8 heteroatoms. The van der Waals surface area contributed by atoms with Crippen molar-refractivity contribution >= 4 is 73.8 Å². The molecule has 1 N–H and O–H groups in total. The summed E-state index contributed by atoms with van der Waals surface area (Å²) in [4.78, 5) is 27.7. The van der Waals surface area contributed by atoms with Crippen LogP contribution in [0.4, 0.5) is 5.69 Å². The molecule has 0 aliphatic rings. The normalized spacial score (nSPS) is 12.6. The Bertz CT molecular complexity index is 1530. The van der Waals surface area contributed by atoms with E-state index in [0.29, 0.717) is 22.6 Å². The standard InChI is InChI=1S/C27H21NO5S2/c1-16(32-27(30)20(25-10-6-12-35-25)13-17-7-5-11-34-17)26(29)28-21-15-23-19(14-24(21)31-2)18-8-3-4-9-22(18)33-23/h3-16H,1-2H3,(H,28,29)/b20-13+. The number of hydrogen-bond donors (Lipinski definition) is 1. The molecule has 0 fully saturated rings. The van der Waals surface area contributed by atoms with E-state index in [1.807, 2.05) is 65.4 Å². The molecule has 6 nitrogen and oxygen atoms in total. The molecule has 0 saturated carbocycles. The van der Waals surface area contributed by atoms with E-state index in [-0.39, 0.29) is 0 Å². The van der Waals surface area contributed by atoms with Crippen LogP contribution in [0, 0.1) is 0 Å². The molecule has 2 aromatic carbocycles. The summed E-state index contributed by atoms with van der Waals surface area (Å²) in [5.41, 5.74) is 2.20. The zero-order chi connectivity index (χ0) is 24.4. The van der Waals surface area contributed by atoms with E-state index < -0.39 is 18.0 Å². The highest BCUT2D eigenvalue weighted by molar-refractivity contribution is 7.12. The molecule has 35 heavy (non-hydrogen) atoms. The lowest BCUT2D eigenvalue weighted by Gasteiger charge is -2.16. The van der Waals surface area contributed by atoms with Crippen molar-refractivity contribution in [2.24, 2.45) is 0 Å². The highest BCUT2D eigenvalue weighted by Gasteiger charge is 2.24. The van der Waals surface area contributed by atoms with E-state index in [9.17, 15) is 9.59 Å². The number of rotatable bonds is 7. The summed E-state index contributed by atoms with van der Waals surface area (Å²) < 4.78 is 17.0. The number of fused-ring (bicyclic) bond motifs is 3. The van der Waals surface area contributed by atoms with Crippen molar-refractivity contribution in [2.75, 3.05) is 12.4 Å². The minimum Gasteiger partial charge on any atom is -0.495 e. The van der Waals surface area contributed by atoms with Gasteiger partial charge in [0.05, 0.1) is 18.4 Å². The highest BCUT2D eigenvalue weighted by atomic mass is 32.1. The third kappa shape index (κ3) is 4.71. The second-order valence-corrected chi connectivity index (χ2v) is 9.66. The predicted octanol–water partition coefficient (Wildman–Crippen LogP) is 6.83. The Hall–Kier alpha value is -3.88. The highest BCUT2D eigenvalue weighted by Crippen LogP contribution is 2.36. The monoisotopic (exact) mass is 503 g/mol. The van der Waals surface area contributed by atoms with Crippen LogP contribution >= 0.6 is 22.7 Å². The minimum atomic E-state index is -1.04. The molecular weight excluding hydrogens is 482 g/mol. The molecule has 0 saturated heterocycles. The maximum Gasteiger partial charge on any atom is 0.340 e. The fourth-order valence-electron chi connectivity index (χ4n) is 3.71. The van der Waals surface area contributed by atoms with Crippen LogP contribution in [0.25, 0.3) is 33.6 Å². The number of para-hydroxylation sites is 1. The Labute approximate surface area is 209 Å². The summed E-state index contributed by atoms with van der Waals surface area (Å²) in [6.07, 6.45) is 0.743. The van der Waals surface area contributed by atoms with Crippen LogP contribution in [0.3, 0.4) is 0 Å². The fraction of sp³-hybridized carbons (Fsp3) is 0.111. The first kappa shape index (κ1) is 22.9. The van der Waals surface area contributed by atoms with Gasteiger partial charge in [0.2, 0.25) is 0 Å². The van der Waals surface area contributed by atoms with Gasteiger partial charge >= 0.3 is 5.97 Å². The zero-order valence-electron chi connectivity index (χ0n) is 18.9. The molecule has 0 spiro atoms. The molecule has 1 atom stereocenters. The van der Waals surface area contributed by atoms with Gasteiger partial charge in [0.15, 0.2) is 6.10 Å². The van der Waals surface area contributed by atoms with Crippen molar-refractivity contribution in [3.63, 3.8) is 0 Å². The van der Waals surface area contributed by atoms with Gasteiger partial charge in [0.25, 0.3) is 5.91 Å². The van der Waals surface area contributed by atoms with Gasteiger partial charge in [-0.05, 0) is 48.0 Å². The van der Waals surface area contributed by atoms with Gasteiger partial charge in [-0.1, -0.05) is 30.3 Å². The summed E-state index contributed by atoms with van der Waals surface area (Å²) in [5, 5.41) is 8.47. The molecule has 1 unspecified atom stereocenters. The second kappa shape index (κ2) is 9.77. The molecule has 3 aromatic heterocycles. The first-order chi connectivity index (χ1) is 17.0. The van der Waals surface area contributed by atoms with Gasteiger partial charge in [0, 0.05) is 26.6 Å². The molecule has 5 aromatic rings. The van der Waals surface area contributed by atoms with Crippen LogP contribution in [0.15, 0.2) is 75.8 Å². The van der Waals surface area contributed by atoms with Crippen molar-refractivity contribution in [3.8, 4) is 5.75 Å². The Morgan fingerprint density at radius 3 is 2.51 bits per heavy atom. The number of benzene rings is 2. The average molecular weight is 504 g/mol. The minimum absolute atomic E-state index is 0.406. The van der Waals surface area contributed by atoms with Crippen molar-refractivity contribution in [2.45, 2.75) is 13.0 Å². The summed E-state index contributed by atoms with van der Waals surface area (Å²) in [6.45, 7) is 1.54. The van der Waals surface area contributed by atoms with Crippen molar-refractivity contribution in [1.29, 1.82) is 0 Å². The van der Waals surface area contributed by atoms with Crippen LogP contribution in [-0.4, -0.2) is 25.1 Å². The molecule has 176 valence electrons. The molecule has 0 radical (unpaired) electrons. The molecule has 0 bridgehead atoms. The van der Waals surface area contributed by atoms with E-state index in [1.54, 1.807) is 12.1 Å². The zero-order valence-corrected chi connectivity index (χ0v) is 20.6. The first-order valence-corrected chi connectivity index (χ1v) is 12.6. The summed E-state index contributed by atoms with van der Waals surface area (Å²) in [5.74, 6) is -0.565. The lowest BCUT2D eigenvalue weighted by atomic mass is 10.1. The van der Waals surface area contributed by atoms with Crippen LogP contribution in [0.5, 0.6) is 5.75 Å². The van der Waals surface area contributed by atoms with Gasteiger partial charge in [-0.2, -0.15) is 0 Å². The van der Waals surface area contributed by atoms with Crippen molar-refractivity contribution in [1.82, 2.24) is 0 Å². The molecule has 5 rings (SSSR count). The van der Waals surface area contributed by atoms with Crippen LogP contribution in [0.2, 0.25) is 0 Å². The number of hydrogen-bond acceptors (Lipinski definition) is 7. The van der Waals surface area contributed by atoms with Crippen molar-refractivity contribution in [3.05, 3.63) is 81.2 Å². The number of carbonyl (C=O) groups is 2. The number of amides is 1. The molecule has 0 aliphatic heterocycles. The van der Waals surface area contributed by atoms with Gasteiger partial charge in [-0.15, -0.1) is 22.7 Å². The topological polar surface area (TPSA) is 77.8 Å². The number of nitrogens with one attached hydrogen (secondary N) is 1. The number of furan rings is 1. The molecular formula is C27H21NO5S2. The average Bonchev–Trinajstić information content (AvgIpc) is 3.63. The molecule has 3 heterocycles. The SMILES string of the molecule is COc1cc2c(cc1NC(=O)C(C)OC(=O)/C(=C/c1cccs1)c1cccs1)oc1ccccc12. The Morgan fingerprint density at radius 2 is 1.77 bits per heavy atom. The van der Waals surface area contributed by atoms with E-state index >= 15 is 0 Å². The van der Waals surface area contributed by atoms with Crippen LogP contribution in [0.1, 0.15) is 16.7 Å². The quantitative estimate of drug-likeness (QED) is 0.195. The largest absolute Gasteiger partial charge is 0.495 e. The fourth-order valence-corrected chi connectivity index (χ4v) is 5.10. The Morgan fingerprint density at radius 1 is 0.971 bits per heavy atom. The number of carbonyl (C=O) groups excluding carboxylic acids is 2. The summed E-state index contributed by atoms with van der Waals surface area (Å²) >= 11 is 2.95. The maximum absolute atomic E-state index is 13.0. The summed E-state index contributed by atoms with van der Waals surface area (Å²) in [6, 6.07) is 18.8. The van der Waals surface area contributed by atoms with Crippen LogP contribution < -0.4 is 10.1 Å². The van der Waals surface area contributed by atoms with Gasteiger partial charge < -0.3 is 19.2 Å². The smallest absolute Gasteiger partial charge is 0.340 e. The van der Waals surface area contributed by atoms with E-state index in [2.05, 4.69) is 5.32 Å². The lowest BCUT2D eigenvalue weighted by Crippen LogP contribution is -2.30. The van der Waals surface area contributed by atoms with Gasteiger partial charge in [0.1, 0.15) is 16.9 Å². The van der Waals surface area contributed by atoms with Crippen molar-refractivity contribution < 1.29 is 23.5 Å². The summed E-state index contributed by atoms with van der Waals surface area (Å²) in [7, 11) is 1.53. The number of anilines is 1. The van der Waals surface area contributed by atoms with E-state index in [0.717, 1.165) is 26.1 Å². The number of methoxy groups -OCH3 is 1. The van der Waals surface area contributed by atoms with E-state index in [4.69, 9.17) is 13.9 Å². The second-order valence-electron chi connectivity index (χ2n) is 7.73. The molecule has 1 amide bonds. The first-order valence-electron chi connectivity index (χ1n) is 10.8. The Kier molecular flexibility index (Phi) is 6.39. The Balaban J connectivity index is 1.37. The number of esters is 1. The van der Waals surface area contributed by atoms with Crippen LogP contribution in [-0.2, 0) is 14.3 Å². The molecule has 0 aliphatic carbocycles. The maximum atomic E-state index is 13.0. The van der Waals surface area contributed by atoms with Gasteiger partial charge in [-0.25, -0.2) is 4.79 Å². The lowest BCUT2D eigenvalue weighted by molar-refractivity contribution is -0.147. The number of ether oxygens (including phenoxy) is 2. The third-order valence-electron chi connectivity index (χ3n) is 5.45. The van der Waals surface area contributed by atoms with E-state index in [1.165, 1.54) is 36.7 Å².